The van der Waals surface area contributed by atoms with Crippen LogP contribution >= 0.6 is 23.2 Å². The van der Waals surface area contributed by atoms with Crippen molar-refractivity contribution in [2.24, 2.45) is 5.10 Å². The molecule has 0 atom stereocenters. The highest BCUT2D eigenvalue weighted by Crippen LogP contribution is 2.29. The molecule has 0 saturated heterocycles. The molecule has 2 N–H and O–H groups in total. The topological polar surface area (TPSA) is 114 Å². The van der Waals surface area contributed by atoms with E-state index in [-0.39, 0.29) is 10.6 Å². The number of rotatable bonds is 7. The number of hydrogen-bond donors (Lipinski definition) is 2. The maximum atomic E-state index is 12.8. The Hall–Kier alpha value is -3.14. The van der Waals surface area contributed by atoms with Gasteiger partial charge in [-0.05, 0) is 49.7 Å². The number of nitro groups is 1. The van der Waals surface area contributed by atoms with Crippen LogP contribution in [0.2, 0.25) is 10.0 Å². The van der Waals surface area contributed by atoms with E-state index in [4.69, 9.17) is 23.2 Å². The van der Waals surface area contributed by atoms with Crippen LogP contribution in [-0.2, 0) is 10.0 Å². The van der Waals surface area contributed by atoms with Crippen molar-refractivity contribution < 1.29 is 13.3 Å². The summed E-state index contributed by atoms with van der Waals surface area (Å²) < 4.78 is 28.0. The van der Waals surface area contributed by atoms with Gasteiger partial charge in [-0.25, -0.2) is 8.42 Å². The third-order valence-corrected chi connectivity index (χ3v) is 6.38. The summed E-state index contributed by atoms with van der Waals surface area (Å²) in [5.74, 6) is 0. The van der Waals surface area contributed by atoms with E-state index in [0.29, 0.717) is 21.3 Å². The summed E-state index contributed by atoms with van der Waals surface area (Å²) in [6.45, 7) is 3.66. The van der Waals surface area contributed by atoms with Crippen molar-refractivity contribution in [1.82, 2.24) is 0 Å². The van der Waals surface area contributed by atoms with E-state index in [1.165, 1.54) is 24.4 Å². The van der Waals surface area contributed by atoms with Crippen molar-refractivity contribution in [3.63, 3.8) is 0 Å². The van der Waals surface area contributed by atoms with Gasteiger partial charge < -0.3 is 0 Å². The fourth-order valence-electron chi connectivity index (χ4n) is 2.83. The molecule has 11 heteroatoms. The highest BCUT2D eigenvalue weighted by Gasteiger charge is 2.22. The van der Waals surface area contributed by atoms with Gasteiger partial charge in [0.15, 0.2) is 0 Å². The standard InChI is InChI=1S/C21H18Cl2N4O4S/c1-13-3-7-19(14(2)9-13)26-32(30,31)17-6-8-20(21(11-17)27(28)29)25-24-12-15-4-5-16(22)10-18(15)23/h3-12,25-26H,1-2H3. The van der Waals surface area contributed by atoms with E-state index >= 15 is 0 Å². The number of halogens is 2. The first-order valence-electron chi connectivity index (χ1n) is 9.19. The van der Waals surface area contributed by atoms with E-state index in [2.05, 4.69) is 15.2 Å². The smallest absolute Gasteiger partial charge is 0.279 e. The quantitative estimate of drug-likeness (QED) is 0.247. The normalized spacial score (nSPS) is 11.5. The number of aryl methyl sites for hydroxylation is 2. The fraction of sp³-hybridized carbons (Fsp3) is 0.0952. The summed E-state index contributed by atoms with van der Waals surface area (Å²) in [6.07, 6.45) is 1.37. The molecule has 0 heterocycles. The first kappa shape index (κ1) is 23.5. The second-order valence-corrected chi connectivity index (χ2v) is 9.42. The molecule has 0 aliphatic carbocycles. The first-order valence-corrected chi connectivity index (χ1v) is 11.4. The Morgan fingerprint density at radius 1 is 1.00 bits per heavy atom. The van der Waals surface area contributed by atoms with Crippen LogP contribution in [0.25, 0.3) is 0 Å². The molecule has 0 aliphatic heterocycles. The zero-order valence-electron chi connectivity index (χ0n) is 17.0. The van der Waals surface area contributed by atoms with Crippen molar-refractivity contribution in [3.05, 3.63) is 91.4 Å². The molecule has 8 nitrogen and oxygen atoms in total. The highest BCUT2D eigenvalue weighted by atomic mass is 35.5. The molecule has 0 radical (unpaired) electrons. The van der Waals surface area contributed by atoms with Crippen LogP contribution < -0.4 is 10.1 Å². The number of hydrogen-bond acceptors (Lipinski definition) is 6. The zero-order chi connectivity index (χ0) is 23.5. The van der Waals surface area contributed by atoms with Gasteiger partial charge in [0.05, 0.1) is 26.7 Å². The minimum atomic E-state index is -4.05. The van der Waals surface area contributed by atoms with E-state index in [9.17, 15) is 18.5 Å². The predicted molar refractivity (Wildman–Crippen MR) is 127 cm³/mol. The molecule has 0 spiro atoms. The lowest BCUT2D eigenvalue weighted by Crippen LogP contribution is -2.14. The molecule has 0 bridgehead atoms. The Morgan fingerprint density at radius 3 is 2.38 bits per heavy atom. The molecular weight excluding hydrogens is 475 g/mol. The third-order valence-electron chi connectivity index (χ3n) is 4.45. The number of nitro benzene ring substituents is 1. The number of anilines is 2. The maximum Gasteiger partial charge on any atom is 0.295 e. The predicted octanol–water partition coefficient (Wildman–Crippen LogP) is 5.77. The number of sulfonamides is 1. The Labute approximate surface area is 195 Å². The zero-order valence-corrected chi connectivity index (χ0v) is 19.3. The Bertz CT molecular complexity index is 1330. The second kappa shape index (κ2) is 9.56. The number of benzene rings is 3. The van der Waals surface area contributed by atoms with Gasteiger partial charge >= 0.3 is 0 Å². The lowest BCUT2D eigenvalue weighted by Gasteiger charge is -2.12. The van der Waals surface area contributed by atoms with Crippen LogP contribution in [0.3, 0.4) is 0 Å². The van der Waals surface area contributed by atoms with Crippen LogP contribution in [-0.4, -0.2) is 19.6 Å². The van der Waals surface area contributed by atoms with Gasteiger partial charge in [0, 0.05) is 16.7 Å². The minimum Gasteiger partial charge on any atom is -0.279 e. The monoisotopic (exact) mass is 492 g/mol. The Morgan fingerprint density at radius 2 is 1.72 bits per heavy atom. The molecule has 0 aromatic heterocycles. The molecule has 0 unspecified atom stereocenters. The molecule has 0 aliphatic rings. The van der Waals surface area contributed by atoms with Crippen molar-refractivity contribution in [1.29, 1.82) is 0 Å². The van der Waals surface area contributed by atoms with Crippen LogP contribution in [0.5, 0.6) is 0 Å². The van der Waals surface area contributed by atoms with Gasteiger partial charge in [0.25, 0.3) is 15.7 Å². The van der Waals surface area contributed by atoms with Gasteiger partial charge in [0.1, 0.15) is 5.69 Å². The molecule has 3 aromatic rings. The third kappa shape index (κ3) is 5.56. The Kier molecular flexibility index (Phi) is 7.02. The summed E-state index contributed by atoms with van der Waals surface area (Å²) in [5, 5.41) is 16.3. The number of hydrazone groups is 1. The van der Waals surface area contributed by atoms with Crippen molar-refractivity contribution in [2.75, 3.05) is 10.1 Å². The van der Waals surface area contributed by atoms with E-state index in [1.54, 1.807) is 31.2 Å². The highest BCUT2D eigenvalue weighted by molar-refractivity contribution is 7.92. The van der Waals surface area contributed by atoms with Gasteiger partial charge in [-0.15, -0.1) is 0 Å². The average molecular weight is 493 g/mol. The largest absolute Gasteiger partial charge is 0.295 e. The van der Waals surface area contributed by atoms with Gasteiger partial charge in [-0.3, -0.25) is 20.3 Å². The first-order chi connectivity index (χ1) is 15.1. The molecule has 3 rings (SSSR count). The fourth-order valence-corrected chi connectivity index (χ4v) is 4.44. The van der Waals surface area contributed by atoms with Crippen molar-refractivity contribution >= 4 is 56.5 Å². The second-order valence-electron chi connectivity index (χ2n) is 6.90. The summed E-state index contributed by atoms with van der Waals surface area (Å²) in [4.78, 5) is 10.6. The summed E-state index contributed by atoms with van der Waals surface area (Å²) >= 11 is 11.9. The van der Waals surface area contributed by atoms with Crippen LogP contribution in [0.4, 0.5) is 17.1 Å². The molecule has 166 valence electrons. The van der Waals surface area contributed by atoms with E-state index in [0.717, 1.165) is 17.2 Å². The van der Waals surface area contributed by atoms with Crippen molar-refractivity contribution in [3.8, 4) is 0 Å². The molecule has 0 saturated carbocycles. The molecule has 32 heavy (non-hydrogen) atoms. The molecule has 0 amide bonds. The lowest BCUT2D eigenvalue weighted by atomic mass is 10.1. The van der Waals surface area contributed by atoms with Gasteiger partial charge in [-0.1, -0.05) is 47.0 Å². The van der Waals surface area contributed by atoms with E-state index < -0.39 is 20.6 Å². The van der Waals surface area contributed by atoms with Gasteiger partial charge in [-0.2, -0.15) is 5.10 Å². The van der Waals surface area contributed by atoms with Crippen LogP contribution in [0.15, 0.2) is 64.6 Å². The Balaban J connectivity index is 1.86. The van der Waals surface area contributed by atoms with Crippen LogP contribution in [0.1, 0.15) is 16.7 Å². The summed E-state index contributed by atoms with van der Waals surface area (Å²) in [6, 6.07) is 13.5. The number of nitrogens with zero attached hydrogens (tertiary/aromatic N) is 2. The van der Waals surface area contributed by atoms with Crippen molar-refractivity contribution in [2.45, 2.75) is 18.7 Å². The maximum absolute atomic E-state index is 12.8. The number of nitrogens with one attached hydrogen (secondary N) is 2. The molecule has 3 aromatic carbocycles. The average Bonchev–Trinajstić information content (AvgIpc) is 2.71. The lowest BCUT2D eigenvalue weighted by molar-refractivity contribution is -0.384. The molecule has 0 fully saturated rings. The minimum absolute atomic E-state index is 0.0156. The summed E-state index contributed by atoms with van der Waals surface area (Å²) in [5.41, 5.74) is 4.77. The van der Waals surface area contributed by atoms with E-state index in [1.807, 2.05) is 13.0 Å². The van der Waals surface area contributed by atoms with Crippen LogP contribution in [0, 0.1) is 24.0 Å². The summed E-state index contributed by atoms with van der Waals surface area (Å²) in [7, 11) is -4.05. The molecular formula is C21H18Cl2N4O4S. The SMILES string of the molecule is Cc1ccc(NS(=O)(=O)c2ccc(NN=Cc3ccc(Cl)cc3Cl)c([N+](=O)[O-])c2)c(C)c1. The van der Waals surface area contributed by atoms with Gasteiger partial charge in [0.2, 0.25) is 0 Å².